The largest absolute Gasteiger partial charge is 0.493 e. The molecule has 1 saturated heterocycles. The number of aromatic nitrogens is 2. The van der Waals surface area contributed by atoms with Gasteiger partial charge in [-0.25, -0.2) is 0 Å². The molecular weight excluding hydrogens is 346 g/mol. The van der Waals surface area contributed by atoms with Crippen LogP contribution in [0.2, 0.25) is 0 Å². The van der Waals surface area contributed by atoms with E-state index in [-0.39, 0.29) is 18.4 Å². The topological polar surface area (TPSA) is 77.7 Å². The van der Waals surface area contributed by atoms with E-state index in [1.54, 1.807) is 0 Å². The van der Waals surface area contributed by atoms with Crippen LogP contribution in [0.5, 0.6) is 5.75 Å². The summed E-state index contributed by atoms with van der Waals surface area (Å²) >= 11 is 0. The Balaban J connectivity index is 1.50. The van der Waals surface area contributed by atoms with E-state index < -0.39 is 0 Å². The first kappa shape index (κ1) is 19.4. The maximum absolute atomic E-state index is 12.2. The molecule has 0 N–H and O–H groups in total. The van der Waals surface area contributed by atoms with E-state index in [9.17, 15) is 4.79 Å². The molecule has 0 radical (unpaired) electrons. The molecule has 1 fully saturated rings. The predicted molar refractivity (Wildman–Crippen MR) is 99.7 cm³/mol. The zero-order valence-corrected chi connectivity index (χ0v) is 16.0. The first-order chi connectivity index (χ1) is 13.2. The van der Waals surface area contributed by atoms with Crippen LogP contribution in [0.25, 0.3) is 0 Å². The highest BCUT2D eigenvalue weighted by molar-refractivity contribution is 5.77. The molecule has 0 saturated carbocycles. The van der Waals surface area contributed by atoms with Gasteiger partial charge in [0.2, 0.25) is 11.8 Å². The Morgan fingerprint density at radius 2 is 2.30 bits per heavy atom. The van der Waals surface area contributed by atoms with Crippen molar-refractivity contribution in [3.8, 4) is 5.75 Å². The molecule has 7 heteroatoms. The van der Waals surface area contributed by atoms with E-state index in [1.807, 2.05) is 43.0 Å². The number of aryl methyl sites for hydroxylation is 1. The second kappa shape index (κ2) is 9.50. The summed E-state index contributed by atoms with van der Waals surface area (Å²) in [5, 5.41) is 4.07. The van der Waals surface area contributed by atoms with Crippen LogP contribution in [0.1, 0.15) is 43.0 Å². The number of hydrogen-bond donors (Lipinski definition) is 0. The highest BCUT2D eigenvalue weighted by Gasteiger charge is 2.28. The molecular formula is C20H27N3O4. The normalized spacial score (nSPS) is 17.1. The van der Waals surface area contributed by atoms with Crippen LogP contribution in [0.3, 0.4) is 0 Å². The van der Waals surface area contributed by atoms with Crippen molar-refractivity contribution in [2.75, 3.05) is 32.9 Å². The second-order valence-corrected chi connectivity index (χ2v) is 6.78. The van der Waals surface area contributed by atoms with Crippen molar-refractivity contribution >= 4 is 5.91 Å². The lowest BCUT2D eigenvalue weighted by molar-refractivity contribution is -0.137. The van der Waals surface area contributed by atoms with Crippen LogP contribution in [0, 0.1) is 6.92 Å². The van der Waals surface area contributed by atoms with Gasteiger partial charge in [0.25, 0.3) is 0 Å². The van der Waals surface area contributed by atoms with Gasteiger partial charge in [0, 0.05) is 26.1 Å². The van der Waals surface area contributed by atoms with Crippen LogP contribution in [-0.2, 0) is 16.0 Å². The molecule has 0 bridgehead atoms. The Hall–Kier alpha value is -2.41. The molecule has 3 rings (SSSR count). The summed E-state index contributed by atoms with van der Waals surface area (Å²) in [6.07, 6.45) is 2.45. The van der Waals surface area contributed by atoms with E-state index in [1.165, 1.54) is 0 Å². The van der Waals surface area contributed by atoms with Crippen LogP contribution in [0.4, 0.5) is 0 Å². The first-order valence-electron chi connectivity index (χ1n) is 9.53. The van der Waals surface area contributed by atoms with Gasteiger partial charge in [-0.2, -0.15) is 4.98 Å². The van der Waals surface area contributed by atoms with Gasteiger partial charge in [-0.15, -0.1) is 0 Å². The minimum absolute atomic E-state index is 0.0212. The molecule has 2 aromatic rings. The minimum Gasteiger partial charge on any atom is -0.493 e. The number of ether oxygens (including phenoxy) is 2. The average Bonchev–Trinajstić information content (AvgIpc) is 3.15. The summed E-state index contributed by atoms with van der Waals surface area (Å²) in [6, 6.07) is 7.94. The fourth-order valence-corrected chi connectivity index (χ4v) is 3.19. The summed E-state index contributed by atoms with van der Waals surface area (Å²) in [7, 11) is 0. The van der Waals surface area contributed by atoms with Crippen molar-refractivity contribution in [2.24, 2.45) is 0 Å². The second-order valence-electron chi connectivity index (χ2n) is 6.78. The van der Waals surface area contributed by atoms with Crippen molar-refractivity contribution in [1.29, 1.82) is 0 Å². The van der Waals surface area contributed by atoms with Gasteiger partial charge >= 0.3 is 0 Å². The fraction of sp³-hybridized carbons (Fsp3) is 0.550. The lowest BCUT2D eigenvalue weighted by Gasteiger charge is -2.30. The molecule has 1 aliphatic rings. The number of carbonyl (C=O) groups excluding carboxylic acids is 1. The van der Waals surface area contributed by atoms with Gasteiger partial charge in [-0.1, -0.05) is 17.3 Å². The Morgan fingerprint density at radius 3 is 3.11 bits per heavy atom. The lowest BCUT2D eigenvalue weighted by atomic mass is 9.98. The van der Waals surface area contributed by atoms with Gasteiger partial charge in [0.05, 0.1) is 12.5 Å². The lowest BCUT2D eigenvalue weighted by Crippen LogP contribution is -2.41. The SMILES string of the molecule is CCOCC(=O)N1CCCC(c2nc(CCOc3cccc(C)c3)no2)C1. The molecule has 1 aliphatic heterocycles. The highest BCUT2D eigenvalue weighted by atomic mass is 16.5. The number of likely N-dealkylation sites (tertiary alicyclic amines) is 1. The van der Waals surface area contributed by atoms with Crippen LogP contribution in [-0.4, -0.2) is 53.9 Å². The number of piperidine rings is 1. The molecule has 0 spiro atoms. The monoisotopic (exact) mass is 373 g/mol. The van der Waals surface area contributed by atoms with Gasteiger partial charge in [0.1, 0.15) is 12.4 Å². The summed E-state index contributed by atoms with van der Waals surface area (Å²) < 4.78 is 16.4. The third-order valence-electron chi connectivity index (χ3n) is 4.62. The summed E-state index contributed by atoms with van der Waals surface area (Å²) in [6.45, 7) is 6.45. The van der Waals surface area contributed by atoms with Gasteiger partial charge in [-0.3, -0.25) is 4.79 Å². The average molecular weight is 373 g/mol. The zero-order chi connectivity index (χ0) is 19.1. The van der Waals surface area contributed by atoms with E-state index in [4.69, 9.17) is 14.0 Å². The third-order valence-corrected chi connectivity index (χ3v) is 4.62. The molecule has 1 unspecified atom stereocenters. The molecule has 146 valence electrons. The molecule has 1 amide bonds. The quantitative estimate of drug-likeness (QED) is 0.708. The number of nitrogens with zero attached hydrogens (tertiary/aromatic N) is 3. The smallest absolute Gasteiger partial charge is 0.248 e. The number of carbonyl (C=O) groups is 1. The Bertz CT molecular complexity index is 746. The number of rotatable bonds is 8. The van der Waals surface area contributed by atoms with E-state index in [2.05, 4.69) is 10.1 Å². The van der Waals surface area contributed by atoms with Crippen LogP contribution >= 0.6 is 0 Å². The van der Waals surface area contributed by atoms with E-state index in [0.29, 0.717) is 37.9 Å². The van der Waals surface area contributed by atoms with Gasteiger partial charge in [0.15, 0.2) is 5.82 Å². The third kappa shape index (κ3) is 5.53. The van der Waals surface area contributed by atoms with E-state index >= 15 is 0 Å². The number of amides is 1. The van der Waals surface area contributed by atoms with Crippen molar-refractivity contribution in [1.82, 2.24) is 15.0 Å². The van der Waals surface area contributed by atoms with Crippen LogP contribution in [0.15, 0.2) is 28.8 Å². The van der Waals surface area contributed by atoms with Gasteiger partial charge in [-0.05, 0) is 44.4 Å². The van der Waals surface area contributed by atoms with Crippen molar-refractivity contribution in [2.45, 2.75) is 39.0 Å². The molecule has 1 aromatic carbocycles. The Morgan fingerprint density at radius 1 is 1.41 bits per heavy atom. The standard InChI is InChI=1S/C20H27N3O4/c1-3-25-14-19(24)23-10-5-7-16(13-23)20-21-18(22-27-20)9-11-26-17-8-4-6-15(2)12-17/h4,6,8,12,16H,3,5,7,9-11,13-14H2,1-2H3. The minimum atomic E-state index is 0.0212. The number of hydrogen-bond acceptors (Lipinski definition) is 6. The molecule has 7 nitrogen and oxygen atoms in total. The predicted octanol–water partition coefficient (Wildman–Crippen LogP) is 2.74. The zero-order valence-electron chi connectivity index (χ0n) is 16.0. The molecule has 1 atom stereocenters. The maximum atomic E-state index is 12.2. The molecule has 27 heavy (non-hydrogen) atoms. The molecule has 1 aromatic heterocycles. The number of benzene rings is 1. The van der Waals surface area contributed by atoms with Crippen LogP contribution < -0.4 is 4.74 Å². The fourth-order valence-electron chi connectivity index (χ4n) is 3.19. The van der Waals surface area contributed by atoms with Crippen molar-refractivity contribution in [3.05, 3.63) is 41.5 Å². The maximum Gasteiger partial charge on any atom is 0.248 e. The summed E-state index contributed by atoms with van der Waals surface area (Å²) in [5.74, 6) is 2.19. The first-order valence-corrected chi connectivity index (χ1v) is 9.53. The Labute approximate surface area is 159 Å². The molecule has 2 heterocycles. The van der Waals surface area contributed by atoms with E-state index in [0.717, 1.165) is 30.7 Å². The van der Waals surface area contributed by atoms with Gasteiger partial charge < -0.3 is 18.9 Å². The molecule has 0 aliphatic carbocycles. The summed E-state index contributed by atoms with van der Waals surface area (Å²) in [4.78, 5) is 18.5. The highest BCUT2D eigenvalue weighted by Crippen LogP contribution is 2.26. The van der Waals surface area contributed by atoms with Crippen molar-refractivity contribution < 1.29 is 18.8 Å². The Kier molecular flexibility index (Phi) is 6.81. The van der Waals surface area contributed by atoms with Crippen molar-refractivity contribution in [3.63, 3.8) is 0 Å². The summed E-state index contributed by atoms with van der Waals surface area (Å²) in [5.41, 5.74) is 1.16.